The topological polar surface area (TPSA) is 47.8 Å². The van der Waals surface area contributed by atoms with E-state index in [1.54, 1.807) is 6.33 Å². The van der Waals surface area contributed by atoms with E-state index in [1.807, 2.05) is 4.68 Å². The Hall–Kier alpha value is -1.45. The first-order valence-electron chi connectivity index (χ1n) is 7.21. The lowest BCUT2D eigenvalue weighted by atomic mass is 9.95. The largest absolute Gasteiger partial charge is 0.299 e. The number of Topliss-reactive ketones (excluding diaryl/α,β-unsaturated/α-hetero) is 1. The van der Waals surface area contributed by atoms with Gasteiger partial charge < -0.3 is 0 Å². The van der Waals surface area contributed by atoms with Crippen molar-refractivity contribution < 1.29 is 4.79 Å². The summed E-state index contributed by atoms with van der Waals surface area (Å²) in [5.74, 6) is 1.57. The Labute approximate surface area is 114 Å². The van der Waals surface area contributed by atoms with E-state index in [2.05, 4.69) is 30.0 Å². The van der Waals surface area contributed by atoms with E-state index in [1.165, 1.54) is 18.4 Å². The van der Waals surface area contributed by atoms with E-state index in [9.17, 15) is 4.79 Å². The molecule has 4 heteroatoms. The van der Waals surface area contributed by atoms with Crippen LogP contribution in [0, 0.1) is 5.92 Å². The van der Waals surface area contributed by atoms with Gasteiger partial charge in [-0.05, 0) is 31.6 Å². The Balaban J connectivity index is 1.91. The van der Waals surface area contributed by atoms with Gasteiger partial charge in [-0.15, -0.1) is 0 Å². The van der Waals surface area contributed by atoms with E-state index in [0.717, 1.165) is 25.2 Å². The highest BCUT2D eigenvalue weighted by atomic mass is 16.1. The summed E-state index contributed by atoms with van der Waals surface area (Å²) in [6.07, 6.45) is 9.49. The molecule has 0 aromatic carbocycles. The first-order chi connectivity index (χ1) is 9.15. The van der Waals surface area contributed by atoms with Gasteiger partial charge in [0.05, 0.1) is 6.42 Å². The SMILES string of the molecule is CC(C)Cn1ncnc1CC(=O)CC1=CCCCC1. The number of nitrogens with zero attached hydrogens (tertiary/aromatic N) is 3. The van der Waals surface area contributed by atoms with Gasteiger partial charge in [-0.1, -0.05) is 25.5 Å². The van der Waals surface area contributed by atoms with Crippen molar-refractivity contribution in [1.82, 2.24) is 14.8 Å². The Morgan fingerprint density at radius 3 is 2.89 bits per heavy atom. The smallest absolute Gasteiger partial charge is 0.144 e. The molecule has 19 heavy (non-hydrogen) atoms. The number of rotatable bonds is 6. The van der Waals surface area contributed by atoms with Gasteiger partial charge in [0.2, 0.25) is 0 Å². The Kier molecular flexibility index (Phi) is 4.88. The second-order valence-electron chi connectivity index (χ2n) is 5.75. The molecule has 2 rings (SSSR count). The summed E-state index contributed by atoms with van der Waals surface area (Å²) in [5, 5.41) is 4.19. The molecule has 0 saturated carbocycles. The third kappa shape index (κ3) is 4.30. The predicted octanol–water partition coefficient (Wildman–Crippen LogP) is 2.94. The quantitative estimate of drug-likeness (QED) is 0.740. The molecule has 0 N–H and O–H groups in total. The van der Waals surface area contributed by atoms with Crippen LogP contribution in [0.3, 0.4) is 0 Å². The van der Waals surface area contributed by atoms with Gasteiger partial charge in [0.25, 0.3) is 0 Å². The average molecular weight is 261 g/mol. The van der Waals surface area contributed by atoms with Crippen molar-refractivity contribution in [3.8, 4) is 0 Å². The molecule has 0 aliphatic heterocycles. The second kappa shape index (κ2) is 6.64. The minimum absolute atomic E-state index is 0.256. The van der Waals surface area contributed by atoms with Crippen LogP contribution in [0.25, 0.3) is 0 Å². The molecule has 0 spiro atoms. The number of allylic oxidation sites excluding steroid dienone is 2. The molecular formula is C15H23N3O. The normalized spacial score (nSPS) is 15.6. The van der Waals surface area contributed by atoms with Crippen molar-refractivity contribution >= 4 is 5.78 Å². The van der Waals surface area contributed by atoms with E-state index in [0.29, 0.717) is 18.8 Å². The summed E-state index contributed by atoms with van der Waals surface area (Å²) in [7, 11) is 0. The van der Waals surface area contributed by atoms with Crippen LogP contribution in [-0.4, -0.2) is 20.5 Å². The maximum atomic E-state index is 12.1. The van der Waals surface area contributed by atoms with Gasteiger partial charge in [0.1, 0.15) is 17.9 Å². The van der Waals surface area contributed by atoms with E-state index in [4.69, 9.17) is 0 Å². The molecule has 104 valence electrons. The molecule has 4 nitrogen and oxygen atoms in total. The highest BCUT2D eigenvalue weighted by Gasteiger charge is 2.13. The van der Waals surface area contributed by atoms with Crippen LogP contribution >= 0.6 is 0 Å². The highest BCUT2D eigenvalue weighted by molar-refractivity contribution is 5.82. The Bertz CT molecular complexity index is 460. The summed E-state index contributed by atoms with van der Waals surface area (Å²) in [6, 6.07) is 0. The predicted molar refractivity (Wildman–Crippen MR) is 74.7 cm³/mol. The van der Waals surface area contributed by atoms with Crippen molar-refractivity contribution in [2.45, 2.75) is 58.9 Å². The molecule has 0 unspecified atom stereocenters. The fourth-order valence-corrected chi connectivity index (χ4v) is 2.48. The molecule has 1 aliphatic carbocycles. The molecule has 0 saturated heterocycles. The number of carbonyl (C=O) groups is 1. The number of ketones is 1. The highest BCUT2D eigenvalue weighted by Crippen LogP contribution is 2.20. The summed E-state index contributed by atoms with van der Waals surface area (Å²) < 4.78 is 1.86. The minimum Gasteiger partial charge on any atom is -0.299 e. The maximum Gasteiger partial charge on any atom is 0.144 e. The summed E-state index contributed by atoms with van der Waals surface area (Å²) in [5.41, 5.74) is 1.31. The van der Waals surface area contributed by atoms with Crippen LogP contribution in [0.5, 0.6) is 0 Å². The first-order valence-corrected chi connectivity index (χ1v) is 7.21. The lowest BCUT2D eigenvalue weighted by Crippen LogP contribution is -2.14. The second-order valence-corrected chi connectivity index (χ2v) is 5.75. The van der Waals surface area contributed by atoms with E-state index < -0.39 is 0 Å². The zero-order chi connectivity index (χ0) is 13.7. The molecule has 1 aromatic heterocycles. The Morgan fingerprint density at radius 1 is 1.37 bits per heavy atom. The molecular weight excluding hydrogens is 238 g/mol. The van der Waals surface area contributed by atoms with Gasteiger partial charge >= 0.3 is 0 Å². The third-order valence-corrected chi connectivity index (χ3v) is 3.40. The maximum absolute atomic E-state index is 12.1. The van der Waals surface area contributed by atoms with Crippen LogP contribution < -0.4 is 0 Å². The molecule has 1 aromatic rings. The molecule has 0 fully saturated rings. The van der Waals surface area contributed by atoms with Crippen LogP contribution in [0.2, 0.25) is 0 Å². The minimum atomic E-state index is 0.256. The average Bonchev–Trinajstić information content (AvgIpc) is 2.77. The zero-order valence-electron chi connectivity index (χ0n) is 11.9. The molecule has 1 heterocycles. The van der Waals surface area contributed by atoms with Crippen molar-refractivity contribution in [2.24, 2.45) is 5.92 Å². The van der Waals surface area contributed by atoms with Crippen LogP contribution in [0.1, 0.15) is 51.8 Å². The molecule has 1 aliphatic rings. The van der Waals surface area contributed by atoms with Gasteiger partial charge in [-0.25, -0.2) is 9.67 Å². The van der Waals surface area contributed by atoms with Crippen molar-refractivity contribution in [1.29, 1.82) is 0 Å². The number of carbonyl (C=O) groups excluding carboxylic acids is 1. The van der Waals surface area contributed by atoms with Gasteiger partial charge in [-0.2, -0.15) is 5.10 Å². The monoisotopic (exact) mass is 261 g/mol. The first kappa shape index (κ1) is 14.0. The van der Waals surface area contributed by atoms with E-state index in [-0.39, 0.29) is 5.78 Å². The summed E-state index contributed by atoms with van der Waals surface area (Å²) >= 11 is 0. The van der Waals surface area contributed by atoms with Crippen LogP contribution in [0.15, 0.2) is 18.0 Å². The van der Waals surface area contributed by atoms with Crippen molar-refractivity contribution in [3.63, 3.8) is 0 Å². The van der Waals surface area contributed by atoms with Crippen LogP contribution in [0.4, 0.5) is 0 Å². The lowest BCUT2D eigenvalue weighted by molar-refractivity contribution is -0.118. The molecule has 0 atom stereocenters. The fourth-order valence-electron chi connectivity index (χ4n) is 2.48. The molecule has 0 bridgehead atoms. The van der Waals surface area contributed by atoms with Crippen LogP contribution in [-0.2, 0) is 17.8 Å². The molecule has 0 amide bonds. The number of aromatic nitrogens is 3. The summed E-state index contributed by atoms with van der Waals surface area (Å²) in [6.45, 7) is 5.10. The van der Waals surface area contributed by atoms with Gasteiger partial charge in [0, 0.05) is 13.0 Å². The fraction of sp³-hybridized carbons (Fsp3) is 0.667. The number of hydrogen-bond donors (Lipinski definition) is 0. The third-order valence-electron chi connectivity index (χ3n) is 3.40. The van der Waals surface area contributed by atoms with Crippen molar-refractivity contribution in [2.75, 3.05) is 0 Å². The molecule has 0 radical (unpaired) electrons. The van der Waals surface area contributed by atoms with Gasteiger partial charge in [-0.3, -0.25) is 4.79 Å². The van der Waals surface area contributed by atoms with E-state index >= 15 is 0 Å². The number of hydrogen-bond acceptors (Lipinski definition) is 3. The Morgan fingerprint density at radius 2 is 2.21 bits per heavy atom. The standard InChI is InChI=1S/C15H23N3O/c1-12(2)10-18-15(16-11-17-18)9-14(19)8-13-6-4-3-5-7-13/h6,11-12H,3-5,7-10H2,1-2H3. The van der Waals surface area contributed by atoms with Gasteiger partial charge in [0.15, 0.2) is 0 Å². The van der Waals surface area contributed by atoms with Crippen molar-refractivity contribution in [3.05, 3.63) is 23.8 Å². The lowest BCUT2D eigenvalue weighted by Gasteiger charge is -2.12. The summed E-state index contributed by atoms with van der Waals surface area (Å²) in [4.78, 5) is 16.3. The zero-order valence-corrected chi connectivity index (χ0v) is 11.9.